The van der Waals surface area contributed by atoms with Gasteiger partial charge in [-0.05, 0) is 46.1 Å². The monoisotopic (exact) mass is 274 g/mol. The van der Waals surface area contributed by atoms with Gasteiger partial charge in [0, 0.05) is 10.4 Å². The van der Waals surface area contributed by atoms with Crippen LogP contribution < -0.4 is 5.32 Å². The van der Waals surface area contributed by atoms with Crippen molar-refractivity contribution in [2.24, 2.45) is 0 Å². The maximum atomic E-state index is 6.05. The molecule has 17 heavy (non-hydrogen) atoms. The third-order valence-electron chi connectivity index (χ3n) is 3.82. The van der Waals surface area contributed by atoms with Gasteiger partial charge in [0.15, 0.2) is 0 Å². The maximum Gasteiger partial charge on any atom is 0.0931 e. The number of likely N-dealkylation sites (N-methyl/N-ethyl adjacent to an activating group) is 2. The van der Waals surface area contributed by atoms with Crippen LogP contribution in [0.25, 0.3) is 0 Å². The molecular formula is C13H23ClN2S. The van der Waals surface area contributed by atoms with Crippen molar-refractivity contribution in [1.29, 1.82) is 0 Å². The Balaban J connectivity index is 3.13. The van der Waals surface area contributed by atoms with Crippen molar-refractivity contribution in [2.75, 3.05) is 21.1 Å². The first kappa shape index (κ1) is 15.0. The van der Waals surface area contributed by atoms with Crippen molar-refractivity contribution in [3.8, 4) is 0 Å². The van der Waals surface area contributed by atoms with Gasteiger partial charge in [0.2, 0.25) is 0 Å². The highest BCUT2D eigenvalue weighted by Crippen LogP contribution is 2.39. The van der Waals surface area contributed by atoms with E-state index in [1.54, 1.807) is 11.3 Å². The Kier molecular flexibility index (Phi) is 5.45. The molecule has 1 N–H and O–H groups in total. The van der Waals surface area contributed by atoms with Gasteiger partial charge >= 0.3 is 0 Å². The minimum atomic E-state index is 0.142. The highest BCUT2D eigenvalue weighted by molar-refractivity contribution is 7.16. The summed E-state index contributed by atoms with van der Waals surface area (Å²) in [5, 5.41) is 3.47. The molecule has 0 radical (unpaired) electrons. The Bertz CT molecular complexity index is 345. The largest absolute Gasteiger partial charge is 0.311 e. The minimum Gasteiger partial charge on any atom is -0.311 e. The molecule has 0 saturated heterocycles. The molecule has 98 valence electrons. The van der Waals surface area contributed by atoms with E-state index in [0.29, 0.717) is 6.04 Å². The fourth-order valence-electron chi connectivity index (χ4n) is 2.71. The van der Waals surface area contributed by atoms with Crippen LogP contribution in [-0.2, 0) is 0 Å². The molecule has 1 heterocycles. The normalized spacial score (nSPS) is 14.3. The molecule has 0 spiro atoms. The number of nitrogens with one attached hydrogen (secondary N) is 1. The van der Waals surface area contributed by atoms with Gasteiger partial charge in [-0.3, -0.25) is 0 Å². The smallest absolute Gasteiger partial charge is 0.0931 e. The van der Waals surface area contributed by atoms with Crippen LogP contribution in [0.5, 0.6) is 0 Å². The SMILES string of the molecule is CCC(CC)(C(NC)c1ccc(Cl)s1)N(C)C. The van der Waals surface area contributed by atoms with Crippen molar-refractivity contribution in [3.05, 3.63) is 21.3 Å². The summed E-state index contributed by atoms with van der Waals surface area (Å²) in [5.74, 6) is 0. The molecule has 1 unspecified atom stereocenters. The molecule has 4 heteroatoms. The van der Waals surface area contributed by atoms with E-state index in [-0.39, 0.29) is 5.54 Å². The molecule has 0 fully saturated rings. The maximum absolute atomic E-state index is 6.05. The molecule has 1 rings (SSSR count). The number of rotatable bonds is 6. The first-order valence-electron chi connectivity index (χ1n) is 6.11. The molecular weight excluding hydrogens is 252 g/mol. The van der Waals surface area contributed by atoms with Crippen LogP contribution in [0.15, 0.2) is 12.1 Å². The lowest BCUT2D eigenvalue weighted by Gasteiger charge is -2.44. The average molecular weight is 275 g/mol. The predicted octanol–water partition coefficient (Wildman–Crippen LogP) is 3.78. The average Bonchev–Trinajstić information content (AvgIpc) is 2.72. The second kappa shape index (κ2) is 6.19. The molecule has 0 aliphatic heterocycles. The van der Waals surface area contributed by atoms with Gasteiger partial charge in [-0.15, -0.1) is 11.3 Å². The lowest BCUT2D eigenvalue weighted by atomic mass is 9.82. The highest BCUT2D eigenvalue weighted by Gasteiger charge is 2.38. The lowest BCUT2D eigenvalue weighted by molar-refractivity contribution is 0.0933. The van der Waals surface area contributed by atoms with Crippen LogP contribution in [0.2, 0.25) is 4.34 Å². The van der Waals surface area contributed by atoms with Gasteiger partial charge in [0.1, 0.15) is 0 Å². The zero-order valence-electron chi connectivity index (χ0n) is 11.4. The highest BCUT2D eigenvalue weighted by atomic mass is 35.5. The molecule has 0 aliphatic rings. The predicted molar refractivity (Wildman–Crippen MR) is 78.1 cm³/mol. The third kappa shape index (κ3) is 2.84. The van der Waals surface area contributed by atoms with Crippen molar-refractivity contribution in [3.63, 3.8) is 0 Å². The van der Waals surface area contributed by atoms with E-state index in [4.69, 9.17) is 11.6 Å². The standard InChI is InChI=1S/C13H23ClN2S/c1-6-13(7-2,16(4)5)12(15-3)10-8-9-11(14)17-10/h8-9,12,15H,6-7H2,1-5H3. The third-order valence-corrected chi connectivity index (χ3v) is 5.12. The summed E-state index contributed by atoms with van der Waals surface area (Å²) in [4.78, 5) is 3.65. The van der Waals surface area contributed by atoms with E-state index in [1.807, 2.05) is 13.1 Å². The van der Waals surface area contributed by atoms with Gasteiger partial charge in [-0.2, -0.15) is 0 Å². The number of halogens is 1. The van der Waals surface area contributed by atoms with E-state index < -0.39 is 0 Å². The Labute approximate surface area is 114 Å². The molecule has 0 aromatic carbocycles. The fraction of sp³-hybridized carbons (Fsp3) is 0.692. The lowest BCUT2D eigenvalue weighted by Crippen LogP contribution is -2.52. The van der Waals surface area contributed by atoms with Crippen LogP contribution >= 0.6 is 22.9 Å². The zero-order chi connectivity index (χ0) is 13.1. The summed E-state index contributed by atoms with van der Waals surface area (Å²) in [7, 11) is 6.35. The molecule has 1 aromatic rings. The molecule has 0 amide bonds. The second-order valence-electron chi connectivity index (χ2n) is 4.57. The molecule has 1 aromatic heterocycles. The van der Waals surface area contributed by atoms with Gasteiger partial charge in [0.25, 0.3) is 0 Å². The molecule has 0 aliphatic carbocycles. The summed E-state index contributed by atoms with van der Waals surface area (Å²) in [6.45, 7) is 4.51. The van der Waals surface area contributed by atoms with E-state index in [0.717, 1.165) is 17.2 Å². The van der Waals surface area contributed by atoms with Crippen LogP contribution in [-0.4, -0.2) is 31.6 Å². The number of thiophene rings is 1. The Hall–Kier alpha value is -0.0900. The quantitative estimate of drug-likeness (QED) is 0.849. The van der Waals surface area contributed by atoms with Gasteiger partial charge < -0.3 is 10.2 Å². The summed E-state index contributed by atoms with van der Waals surface area (Å²) in [6, 6.07) is 4.44. The number of hydrogen-bond donors (Lipinski definition) is 1. The summed E-state index contributed by atoms with van der Waals surface area (Å²) < 4.78 is 0.861. The van der Waals surface area contributed by atoms with Gasteiger partial charge in [-0.1, -0.05) is 25.4 Å². The van der Waals surface area contributed by atoms with Crippen molar-refractivity contribution >= 4 is 22.9 Å². The topological polar surface area (TPSA) is 15.3 Å². The van der Waals surface area contributed by atoms with E-state index in [9.17, 15) is 0 Å². The molecule has 2 nitrogen and oxygen atoms in total. The summed E-state index contributed by atoms with van der Waals surface area (Å²) >= 11 is 7.73. The Morgan fingerprint density at radius 3 is 2.24 bits per heavy atom. The Morgan fingerprint density at radius 1 is 1.35 bits per heavy atom. The van der Waals surface area contributed by atoms with Crippen LogP contribution in [0.4, 0.5) is 0 Å². The first-order valence-corrected chi connectivity index (χ1v) is 7.31. The van der Waals surface area contributed by atoms with Crippen molar-refractivity contribution < 1.29 is 0 Å². The summed E-state index contributed by atoms with van der Waals surface area (Å²) in [5.41, 5.74) is 0.142. The van der Waals surface area contributed by atoms with Crippen LogP contribution in [0.1, 0.15) is 37.6 Å². The fourth-order valence-corrected chi connectivity index (χ4v) is 3.99. The van der Waals surface area contributed by atoms with Gasteiger partial charge in [0.05, 0.1) is 10.4 Å². The molecule has 0 bridgehead atoms. The second-order valence-corrected chi connectivity index (χ2v) is 6.32. The summed E-state index contributed by atoms with van der Waals surface area (Å²) in [6.07, 6.45) is 2.22. The van der Waals surface area contributed by atoms with E-state index in [1.165, 1.54) is 4.88 Å². The van der Waals surface area contributed by atoms with Crippen molar-refractivity contribution in [2.45, 2.75) is 38.3 Å². The van der Waals surface area contributed by atoms with Crippen molar-refractivity contribution in [1.82, 2.24) is 10.2 Å². The molecule has 0 saturated carbocycles. The van der Waals surface area contributed by atoms with Crippen LogP contribution in [0, 0.1) is 0 Å². The Morgan fingerprint density at radius 2 is 1.94 bits per heavy atom. The van der Waals surface area contributed by atoms with Gasteiger partial charge in [-0.25, -0.2) is 0 Å². The van der Waals surface area contributed by atoms with Crippen LogP contribution in [0.3, 0.4) is 0 Å². The zero-order valence-corrected chi connectivity index (χ0v) is 13.0. The van der Waals surface area contributed by atoms with E-state index >= 15 is 0 Å². The minimum absolute atomic E-state index is 0.142. The number of nitrogens with zero attached hydrogens (tertiary/aromatic N) is 1. The first-order chi connectivity index (χ1) is 8.01. The number of hydrogen-bond acceptors (Lipinski definition) is 3. The van der Waals surface area contributed by atoms with E-state index in [2.05, 4.69) is 44.2 Å². The molecule has 1 atom stereocenters.